The fourth-order valence-electron chi connectivity index (χ4n) is 3.02. The first kappa shape index (κ1) is 16.8. The van der Waals surface area contributed by atoms with E-state index in [0.717, 1.165) is 35.3 Å². The van der Waals surface area contributed by atoms with Crippen LogP contribution in [0.3, 0.4) is 0 Å². The zero-order valence-corrected chi connectivity index (χ0v) is 14.3. The van der Waals surface area contributed by atoms with Crippen molar-refractivity contribution in [3.05, 3.63) is 53.6 Å². The highest BCUT2D eigenvalue weighted by molar-refractivity contribution is 6.02. The van der Waals surface area contributed by atoms with Crippen LogP contribution in [0.1, 0.15) is 18.1 Å². The van der Waals surface area contributed by atoms with E-state index in [1.54, 1.807) is 18.9 Å². The maximum absolute atomic E-state index is 12.6. The number of amides is 3. The highest BCUT2D eigenvalue weighted by Gasteiger charge is 2.25. The number of nitrogens with one attached hydrogen (secondary N) is 2. The van der Waals surface area contributed by atoms with Gasteiger partial charge in [-0.2, -0.15) is 0 Å². The van der Waals surface area contributed by atoms with Gasteiger partial charge in [0.1, 0.15) is 0 Å². The Hall–Kier alpha value is -3.02. The van der Waals surface area contributed by atoms with Crippen molar-refractivity contribution in [2.75, 3.05) is 23.9 Å². The average Bonchev–Trinajstić information content (AvgIpc) is 2.78. The summed E-state index contributed by atoms with van der Waals surface area (Å²) in [6.45, 7) is 2.05. The molecule has 3 amide bonds. The number of anilines is 3. The van der Waals surface area contributed by atoms with Crippen molar-refractivity contribution in [3.8, 4) is 0 Å². The first-order valence-electron chi connectivity index (χ1n) is 8.30. The number of aryl methyl sites for hydroxylation is 2. The molecule has 0 radical (unpaired) electrons. The molecular weight excluding hydrogens is 318 g/mol. The third-order valence-corrected chi connectivity index (χ3v) is 4.16. The van der Waals surface area contributed by atoms with Gasteiger partial charge in [0.2, 0.25) is 0 Å². The number of rotatable bonds is 2. The molecule has 1 heterocycles. The molecule has 130 valence electrons. The Morgan fingerprint density at radius 3 is 2.52 bits per heavy atom. The van der Waals surface area contributed by atoms with Gasteiger partial charge in [-0.25, -0.2) is 9.59 Å². The van der Waals surface area contributed by atoms with E-state index in [9.17, 15) is 9.59 Å². The van der Waals surface area contributed by atoms with E-state index in [0.29, 0.717) is 12.3 Å². The van der Waals surface area contributed by atoms with Crippen molar-refractivity contribution >= 4 is 29.2 Å². The van der Waals surface area contributed by atoms with Gasteiger partial charge in [0.15, 0.2) is 0 Å². The zero-order valence-electron chi connectivity index (χ0n) is 14.3. The van der Waals surface area contributed by atoms with Crippen LogP contribution >= 0.6 is 0 Å². The van der Waals surface area contributed by atoms with Gasteiger partial charge >= 0.3 is 12.1 Å². The summed E-state index contributed by atoms with van der Waals surface area (Å²) in [5, 5.41) is 5.40. The predicted octanol–water partition coefficient (Wildman–Crippen LogP) is 3.83. The summed E-state index contributed by atoms with van der Waals surface area (Å²) in [7, 11) is 1.61. The molecule has 0 unspecified atom stereocenters. The van der Waals surface area contributed by atoms with Crippen LogP contribution in [0.25, 0.3) is 0 Å². The van der Waals surface area contributed by atoms with E-state index >= 15 is 0 Å². The van der Waals surface area contributed by atoms with Gasteiger partial charge in [0, 0.05) is 12.7 Å². The van der Waals surface area contributed by atoms with Crippen molar-refractivity contribution in [2.24, 2.45) is 0 Å². The number of carbonyl (C=O) groups excluding carboxylic acids is 2. The summed E-state index contributed by atoms with van der Waals surface area (Å²) in [6, 6.07) is 13.2. The lowest BCUT2D eigenvalue weighted by molar-refractivity contribution is 0.168. The minimum Gasteiger partial charge on any atom is -0.450 e. The number of para-hydroxylation sites is 1. The maximum atomic E-state index is 12.6. The Labute approximate surface area is 146 Å². The molecule has 2 aromatic rings. The van der Waals surface area contributed by atoms with Gasteiger partial charge in [0.05, 0.1) is 18.0 Å². The Morgan fingerprint density at radius 1 is 1.08 bits per heavy atom. The number of hydrogen-bond acceptors (Lipinski definition) is 3. The molecule has 0 saturated heterocycles. The Morgan fingerprint density at radius 2 is 1.80 bits per heavy atom. The van der Waals surface area contributed by atoms with Crippen molar-refractivity contribution in [1.82, 2.24) is 5.32 Å². The molecule has 0 fully saturated rings. The fourth-order valence-corrected chi connectivity index (χ4v) is 3.02. The third kappa shape index (κ3) is 3.42. The lowest BCUT2D eigenvalue weighted by Crippen LogP contribution is -2.35. The first-order valence-corrected chi connectivity index (χ1v) is 8.30. The van der Waals surface area contributed by atoms with Crippen LogP contribution in [0, 0.1) is 0 Å². The van der Waals surface area contributed by atoms with E-state index < -0.39 is 6.09 Å². The van der Waals surface area contributed by atoms with Crippen LogP contribution in [0.2, 0.25) is 0 Å². The quantitative estimate of drug-likeness (QED) is 0.873. The van der Waals surface area contributed by atoms with E-state index in [-0.39, 0.29) is 6.03 Å². The second-order valence-electron chi connectivity index (χ2n) is 5.71. The van der Waals surface area contributed by atoms with Crippen LogP contribution < -0.4 is 15.5 Å². The topological polar surface area (TPSA) is 70.7 Å². The van der Waals surface area contributed by atoms with Crippen LogP contribution in [0.5, 0.6) is 0 Å². The number of carbonyl (C=O) groups is 2. The minimum absolute atomic E-state index is 0.219. The third-order valence-electron chi connectivity index (χ3n) is 4.16. The van der Waals surface area contributed by atoms with Crippen molar-refractivity contribution < 1.29 is 14.3 Å². The van der Waals surface area contributed by atoms with Gasteiger partial charge in [-0.1, -0.05) is 24.3 Å². The van der Waals surface area contributed by atoms with Gasteiger partial charge in [0.25, 0.3) is 0 Å². The Bertz CT molecular complexity index is 804. The summed E-state index contributed by atoms with van der Waals surface area (Å²) in [5.74, 6) is 0. The summed E-state index contributed by atoms with van der Waals surface area (Å²) >= 11 is 0. The summed E-state index contributed by atoms with van der Waals surface area (Å²) in [6.07, 6.45) is 1.16. The predicted molar refractivity (Wildman–Crippen MR) is 97.5 cm³/mol. The molecule has 1 aliphatic rings. The molecule has 2 N–H and O–H groups in total. The van der Waals surface area contributed by atoms with Crippen molar-refractivity contribution in [2.45, 2.75) is 19.8 Å². The normalized spacial score (nSPS) is 12.5. The molecule has 25 heavy (non-hydrogen) atoms. The van der Waals surface area contributed by atoms with Gasteiger partial charge in [-0.15, -0.1) is 0 Å². The molecule has 3 rings (SSSR count). The summed E-state index contributed by atoms with van der Waals surface area (Å²) < 4.78 is 4.92. The summed E-state index contributed by atoms with van der Waals surface area (Å²) in [5.41, 5.74) is 4.37. The molecule has 2 aromatic carbocycles. The lowest BCUT2D eigenvalue weighted by Gasteiger charge is -2.25. The zero-order chi connectivity index (χ0) is 17.8. The highest BCUT2D eigenvalue weighted by atomic mass is 16.5. The lowest BCUT2D eigenvalue weighted by atomic mass is 10.0. The molecule has 6 heteroatoms. The average molecular weight is 339 g/mol. The maximum Gasteiger partial charge on any atom is 0.411 e. The van der Waals surface area contributed by atoms with Gasteiger partial charge in [-0.05, 0) is 49.1 Å². The molecule has 0 spiro atoms. The number of hydrogen-bond donors (Lipinski definition) is 2. The number of fused-ring (bicyclic) bond motifs is 2. The fraction of sp³-hybridized carbons (Fsp3) is 0.263. The highest BCUT2D eigenvalue weighted by Crippen LogP contribution is 2.37. The van der Waals surface area contributed by atoms with Crippen molar-refractivity contribution in [1.29, 1.82) is 0 Å². The molecular formula is C19H21N3O3. The Kier molecular flexibility index (Phi) is 4.88. The molecule has 0 aromatic heterocycles. The molecule has 0 saturated carbocycles. The molecule has 0 aliphatic carbocycles. The van der Waals surface area contributed by atoms with E-state index in [1.165, 1.54) is 0 Å². The number of ether oxygens (including phenoxy) is 1. The molecule has 1 aliphatic heterocycles. The largest absolute Gasteiger partial charge is 0.450 e. The van der Waals surface area contributed by atoms with E-state index in [1.807, 2.05) is 42.5 Å². The SMILES string of the molecule is CCOC(=O)Nc1ccc2c(c1)N(C(=O)NC)c1ccccc1CC2. The van der Waals surface area contributed by atoms with Crippen LogP contribution in [-0.2, 0) is 17.6 Å². The number of urea groups is 1. The molecule has 0 atom stereocenters. The first-order chi connectivity index (χ1) is 12.1. The van der Waals surface area contributed by atoms with Crippen LogP contribution in [0.15, 0.2) is 42.5 Å². The van der Waals surface area contributed by atoms with Crippen LogP contribution in [-0.4, -0.2) is 25.8 Å². The van der Waals surface area contributed by atoms with E-state index in [4.69, 9.17) is 4.74 Å². The van der Waals surface area contributed by atoms with Gasteiger partial charge < -0.3 is 10.1 Å². The number of nitrogens with zero attached hydrogens (tertiary/aromatic N) is 1. The minimum atomic E-state index is -0.511. The second-order valence-corrected chi connectivity index (χ2v) is 5.71. The number of benzene rings is 2. The molecule has 0 bridgehead atoms. The molecule has 6 nitrogen and oxygen atoms in total. The van der Waals surface area contributed by atoms with E-state index in [2.05, 4.69) is 10.6 Å². The standard InChI is InChI=1S/C19H21N3O3/c1-3-25-19(24)21-15-11-10-14-9-8-13-6-4-5-7-16(13)22(17(14)12-15)18(23)20-2/h4-7,10-12H,3,8-9H2,1-2H3,(H,20,23)(H,21,24). The monoisotopic (exact) mass is 339 g/mol. The van der Waals surface area contributed by atoms with Crippen molar-refractivity contribution in [3.63, 3.8) is 0 Å². The second kappa shape index (κ2) is 7.25. The van der Waals surface area contributed by atoms with Gasteiger partial charge in [-0.3, -0.25) is 10.2 Å². The Balaban J connectivity index is 2.05. The summed E-state index contributed by atoms with van der Waals surface area (Å²) in [4.78, 5) is 25.9. The van der Waals surface area contributed by atoms with Crippen LogP contribution in [0.4, 0.5) is 26.7 Å². The smallest absolute Gasteiger partial charge is 0.411 e.